The van der Waals surface area contributed by atoms with Crippen molar-refractivity contribution in [3.05, 3.63) is 60.1 Å². The van der Waals surface area contributed by atoms with Gasteiger partial charge in [-0.25, -0.2) is 0 Å². The minimum absolute atomic E-state index is 0.517. The number of fused-ring (bicyclic) bond motifs is 2. The third-order valence-electron chi connectivity index (χ3n) is 7.29. The van der Waals surface area contributed by atoms with Gasteiger partial charge in [-0.05, 0) is 62.6 Å². The average Bonchev–Trinajstić information content (AvgIpc) is 3.34. The van der Waals surface area contributed by atoms with Gasteiger partial charge < -0.3 is 14.2 Å². The Bertz CT molecular complexity index is 1070. The molecule has 0 bridgehead atoms. The van der Waals surface area contributed by atoms with Gasteiger partial charge in [-0.1, -0.05) is 18.7 Å². The van der Waals surface area contributed by atoms with E-state index in [2.05, 4.69) is 56.7 Å². The fourth-order valence-electron chi connectivity index (χ4n) is 5.59. The second kappa shape index (κ2) is 7.31. The van der Waals surface area contributed by atoms with E-state index in [4.69, 9.17) is 4.74 Å². The molecule has 3 aromatic rings. The highest BCUT2D eigenvalue weighted by molar-refractivity contribution is 5.92. The fraction of sp³-hybridized carbons (Fsp3) is 0.480. The Morgan fingerprint density at radius 3 is 2.80 bits per heavy atom. The van der Waals surface area contributed by atoms with Crippen molar-refractivity contribution < 1.29 is 4.74 Å². The molecule has 1 saturated heterocycles. The van der Waals surface area contributed by atoms with Crippen LogP contribution in [0.5, 0.6) is 0 Å². The maximum absolute atomic E-state index is 5.58. The Balaban J connectivity index is 1.33. The third-order valence-corrected chi connectivity index (χ3v) is 7.29. The molecular formula is C25H30N4O. The molecule has 2 aliphatic carbocycles. The molecule has 2 aromatic heterocycles. The highest BCUT2D eigenvalue weighted by Crippen LogP contribution is 2.40. The Kier molecular flexibility index (Phi) is 4.45. The van der Waals surface area contributed by atoms with E-state index in [0.29, 0.717) is 18.1 Å². The first kappa shape index (κ1) is 18.3. The van der Waals surface area contributed by atoms with E-state index in [1.54, 1.807) is 0 Å². The van der Waals surface area contributed by atoms with Crippen LogP contribution in [-0.4, -0.2) is 45.0 Å². The number of H-pyrrole nitrogens is 1. The van der Waals surface area contributed by atoms with Gasteiger partial charge in [0.2, 0.25) is 0 Å². The smallest absolute Gasteiger partial charge is 0.0522 e. The number of nitrogens with zero attached hydrogens (tertiary/aromatic N) is 3. The van der Waals surface area contributed by atoms with Crippen molar-refractivity contribution in [2.45, 2.75) is 63.1 Å². The van der Waals surface area contributed by atoms with Crippen molar-refractivity contribution in [3.8, 4) is 0 Å². The maximum Gasteiger partial charge on any atom is 0.0522 e. The summed E-state index contributed by atoms with van der Waals surface area (Å²) < 4.78 is 8.05. The summed E-state index contributed by atoms with van der Waals surface area (Å²) in [7, 11) is 0. The summed E-state index contributed by atoms with van der Waals surface area (Å²) in [6.07, 6.45) is 12.4. The quantitative estimate of drug-likeness (QED) is 0.672. The second-order valence-electron chi connectivity index (χ2n) is 9.16. The number of aromatic nitrogens is 3. The molecule has 0 radical (unpaired) electrons. The van der Waals surface area contributed by atoms with Crippen molar-refractivity contribution in [3.63, 3.8) is 0 Å². The van der Waals surface area contributed by atoms with E-state index < -0.39 is 0 Å². The monoisotopic (exact) mass is 402 g/mol. The molecule has 1 saturated carbocycles. The number of aromatic amines is 1. The maximum atomic E-state index is 5.58. The van der Waals surface area contributed by atoms with Gasteiger partial charge in [0.25, 0.3) is 0 Å². The van der Waals surface area contributed by atoms with Crippen molar-refractivity contribution in [2.75, 3.05) is 13.2 Å². The Labute approximate surface area is 177 Å². The molecule has 5 heteroatoms. The largest absolute Gasteiger partial charge is 0.381 e. The van der Waals surface area contributed by atoms with Gasteiger partial charge in [0.05, 0.1) is 6.20 Å². The van der Waals surface area contributed by atoms with Gasteiger partial charge in [-0.3, -0.25) is 5.10 Å². The minimum atomic E-state index is 0.517. The molecule has 1 unspecified atom stereocenters. The van der Waals surface area contributed by atoms with Crippen LogP contribution in [0, 0.1) is 0 Å². The first-order valence-corrected chi connectivity index (χ1v) is 11.5. The van der Waals surface area contributed by atoms with E-state index in [1.165, 1.54) is 52.7 Å². The molecule has 0 amide bonds. The Hall–Kier alpha value is -2.53. The number of hydrogen-bond donors (Lipinski definition) is 1. The van der Waals surface area contributed by atoms with Crippen LogP contribution in [-0.2, 0) is 17.6 Å². The highest BCUT2D eigenvalue weighted by Gasteiger charge is 2.37. The van der Waals surface area contributed by atoms with Crippen molar-refractivity contribution in [1.82, 2.24) is 19.7 Å². The average molecular weight is 403 g/mol. The van der Waals surface area contributed by atoms with Gasteiger partial charge in [-0.2, -0.15) is 5.10 Å². The topological polar surface area (TPSA) is 46.1 Å². The van der Waals surface area contributed by atoms with Crippen molar-refractivity contribution in [2.24, 2.45) is 0 Å². The van der Waals surface area contributed by atoms with Crippen LogP contribution in [0.3, 0.4) is 0 Å². The van der Waals surface area contributed by atoms with Gasteiger partial charge in [0.1, 0.15) is 0 Å². The van der Waals surface area contributed by atoms with E-state index in [1.807, 2.05) is 6.20 Å². The summed E-state index contributed by atoms with van der Waals surface area (Å²) >= 11 is 0. The molecule has 5 nitrogen and oxygen atoms in total. The van der Waals surface area contributed by atoms with Crippen LogP contribution in [0.25, 0.3) is 16.6 Å². The van der Waals surface area contributed by atoms with Crippen LogP contribution < -0.4 is 0 Å². The van der Waals surface area contributed by atoms with Crippen LogP contribution in [0.1, 0.15) is 55.0 Å². The lowest BCUT2D eigenvalue weighted by Gasteiger charge is -2.38. The van der Waals surface area contributed by atoms with Crippen LogP contribution in [0.4, 0.5) is 0 Å². The molecule has 156 valence electrons. The number of benzene rings is 1. The molecule has 1 N–H and O–H groups in total. The van der Waals surface area contributed by atoms with E-state index in [0.717, 1.165) is 38.9 Å². The Morgan fingerprint density at radius 1 is 1.10 bits per heavy atom. The molecule has 1 aliphatic heterocycles. The zero-order chi connectivity index (χ0) is 20.1. The molecule has 0 spiro atoms. The molecule has 30 heavy (non-hydrogen) atoms. The predicted molar refractivity (Wildman–Crippen MR) is 119 cm³/mol. The molecule has 2 fully saturated rings. The van der Waals surface area contributed by atoms with E-state index >= 15 is 0 Å². The van der Waals surface area contributed by atoms with E-state index in [9.17, 15) is 0 Å². The summed E-state index contributed by atoms with van der Waals surface area (Å²) in [5, 5.41) is 8.78. The predicted octanol–water partition coefficient (Wildman–Crippen LogP) is 4.71. The molecular weight excluding hydrogens is 372 g/mol. The van der Waals surface area contributed by atoms with Gasteiger partial charge in [0.15, 0.2) is 0 Å². The normalized spacial score (nSPS) is 22.2. The number of rotatable bonds is 5. The number of hydrogen-bond acceptors (Lipinski definition) is 3. The third kappa shape index (κ3) is 3.07. The van der Waals surface area contributed by atoms with E-state index in [-0.39, 0.29) is 0 Å². The van der Waals surface area contributed by atoms with Crippen LogP contribution in [0.2, 0.25) is 0 Å². The summed E-state index contributed by atoms with van der Waals surface area (Å²) in [6, 6.07) is 10.7. The molecule has 6 rings (SSSR count). The zero-order valence-corrected chi connectivity index (χ0v) is 17.5. The minimum Gasteiger partial charge on any atom is -0.381 e. The zero-order valence-electron chi connectivity index (χ0n) is 17.5. The molecule has 3 heterocycles. The SMILES string of the molecule is C=C(c1cccc2c1ccn2C1CCOCC1)N(C1CC1)C1CCc2[nH]ncc2C1. The van der Waals surface area contributed by atoms with Gasteiger partial charge in [0, 0.05) is 65.4 Å². The van der Waals surface area contributed by atoms with Crippen LogP contribution in [0.15, 0.2) is 43.2 Å². The van der Waals surface area contributed by atoms with Crippen LogP contribution >= 0.6 is 0 Å². The molecule has 1 aromatic carbocycles. The first-order valence-electron chi connectivity index (χ1n) is 11.5. The second-order valence-corrected chi connectivity index (χ2v) is 9.16. The lowest BCUT2D eigenvalue weighted by atomic mass is 9.91. The molecule has 1 atom stereocenters. The van der Waals surface area contributed by atoms with Gasteiger partial charge >= 0.3 is 0 Å². The number of ether oxygens (including phenoxy) is 1. The lowest BCUT2D eigenvalue weighted by Crippen LogP contribution is -2.39. The Morgan fingerprint density at radius 2 is 1.97 bits per heavy atom. The highest BCUT2D eigenvalue weighted by atomic mass is 16.5. The molecule has 3 aliphatic rings. The number of nitrogens with one attached hydrogen (secondary N) is 1. The fourth-order valence-corrected chi connectivity index (χ4v) is 5.59. The summed E-state index contributed by atoms with van der Waals surface area (Å²) in [5.74, 6) is 0. The standard InChI is InChI=1S/C25H30N4O/c1-17(29(20-5-6-20)21-7-8-24-18(15-21)16-26-27-24)22-3-2-4-25-23(22)9-12-28(25)19-10-13-30-14-11-19/h2-4,9,12,16,19-21H,1,5-8,10-11,13-15H2,(H,26,27). The summed E-state index contributed by atoms with van der Waals surface area (Å²) in [6.45, 7) is 6.38. The summed E-state index contributed by atoms with van der Waals surface area (Å²) in [4.78, 5) is 2.65. The summed E-state index contributed by atoms with van der Waals surface area (Å²) in [5.41, 5.74) is 6.53. The lowest BCUT2D eigenvalue weighted by molar-refractivity contribution is 0.0707. The first-order chi connectivity index (χ1) is 14.8. The van der Waals surface area contributed by atoms with Gasteiger partial charge in [-0.15, -0.1) is 0 Å². The van der Waals surface area contributed by atoms with Crippen molar-refractivity contribution >= 4 is 16.6 Å². The van der Waals surface area contributed by atoms with Crippen molar-refractivity contribution in [1.29, 1.82) is 0 Å². The number of aryl methyl sites for hydroxylation is 1.